The normalized spacial score (nSPS) is 48.3. The van der Waals surface area contributed by atoms with Crippen LogP contribution in [0.2, 0.25) is 0 Å². The van der Waals surface area contributed by atoms with Crippen LogP contribution in [0.1, 0.15) is 424 Å². The summed E-state index contributed by atoms with van der Waals surface area (Å²) in [4.78, 5) is 87.0. The molecule has 12 fully saturated rings. The predicted octanol–water partition coefficient (Wildman–Crippen LogP) is 25.3. The third kappa shape index (κ3) is 14.9. The van der Waals surface area contributed by atoms with E-state index in [9.17, 15) is 69.6 Å². The van der Waals surface area contributed by atoms with E-state index in [0.717, 1.165) is 208 Å². The van der Waals surface area contributed by atoms with E-state index < -0.39 is 82.7 Å². The number of fused-ring (bicyclic) bond motifs is 30. The van der Waals surface area contributed by atoms with Gasteiger partial charge in [0.25, 0.3) is 0 Å². The first-order chi connectivity index (χ1) is 68.6. The number of Topliss-reactive ketones (excluding diaryl/α,β-unsaturated/α-hetero) is 1. The van der Waals surface area contributed by atoms with Crippen LogP contribution in [-0.4, -0.2) is 141 Å². The standard InChI is InChI=1S/C32H47NO5.C32H45NO5.C30H43NO4.C30H41NO4.3CH4/c2*1-19-22-8-9-29(6)23(28(22,5)15-21-17-33-38-26(19)21)14-25(35)32(36)24-16-27(3,4)10-12-31(24,18-37-20(2)34)13-11-30(29,32)7;2*1-18-19-8-9-27(5)21(26(19,4)15-20(31-7)24(18)34)14-23(33)30(35)22-16-25(2,3)10-12-29(22,17-32)13-11-28(27,30)6;;;/h14,17,19,22,24-25,35-36H,8-13,15-16,18H2,1-7H3;14,17,19,22,24,36H,8-13,15-16,18H2,1-7H3;14,18-19,22,32,34-35H,8-13,15-17H2,1-6H3;14-15,18-19,22,32,35H,8-13,16-17H2,1-6H3;3*1H4/t19-,22-,24+,25+,28-,29+,30-,31+,32+;19-,22-,24+,28-,29+,30-,31+,32+;2*18-,19-,22+,26-,27+,28-,29+,30+;;;/m0000.../s1/i;;;;1T;;. The Hall–Kier alpha value is -7.02. The highest BCUT2D eigenvalue weighted by atomic mass is 16.5. The molecule has 0 aromatic carbocycles. The van der Waals surface area contributed by atoms with E-state index in [0.29, 0.717) is 43.4 Å². The van der Waals surface area contributed by atoms with Gasteiger partial charge >= 0.3 is 11.9 Å². The number of aromatic nitrogens is 2. The van der Waals surface area contributed by atoms with Gasteiger partial charge in [-0.1, -0.05) is 233 Å². The number of allylic oxidation sites excluding steroid dienone is 8. The second-order valence-electron chi connectivity index (χ2n) is 58.8. The van der Waals surface area contributed by atoms with Gasteiger partial charge in [0.05, 0.1) is 44.5 Å². The van der Waals surface area contributed by atoms with Crippen molar-refractivity contribution in [1.29, 1.82) is 0 Å². The third-order valence-corrected chi connectivity index (χ3v) is 50.7. The Bertz CT molecular complexity index is 6050. The van der Waals surface area contributed by atoms with Crippen LogP contribution in [0, 0.1) is 181 Å². The molecule has 2 aromatic heterocycles. The van der Waals surface area contributed by atoms with Gasteiger partial charge in [-0.05, 0) is 311 Å². The Labute approximate surface area is 893 Å². The highest BCUT2D eigenvalue weighted by Gasteiger charge is 2.82. The summed E-state index contributed by atoms with van der Waals surface area (Å²) in [5.41, 5.74) is -4.95. The molecule has 0 radical (unpaired) electrons. The molecule has 22 heteroatoms. The highest BCUT2D eigenvalue weighted by Crippen LogP contribution is 2.83. The van der Waals surface area contributed by atoms with Gasteiger partial charge in [0, 0.05) is 125 Å². The van der Waals surface area contributed by atoms with Crippen LogP contribution >= 0.6 is 0 Å². The van der Waals surface area contributed by atoms with Crippen LogP contribution in [-0.2, 0) is 51.1 Å². The van der Waals surface area contributed by atoms with Crippen LogP contribution in [0.5, 0.6) is 0 Å². The number of ether oxygens (including phenoxy) is 2. The molecule has 0 saturated heterocycles. The topological polar surface area (TPSA) is 344 Å². The molecule has 149 heavy (non-hydrogen) atoms. The van der Waals surface area contributed by atoms with Gasteiger partial charge in [0.2, 0.25) is 11.4 Å². The first-order valence-electron chi connectivity index (χ1n) is 57.5. The maximum Gasteiger partial charge on any atom is 0.302 e. The first kappa shape index (κ1) is 113. The van der Waals surface area contributed by atoms with Gasteiger partial charge < -0.3 is 64.2 Å². The third-order valence-electron chi connectivity index (χ3n) is 50.7. The summed E-state index contributed by atoms with van der Waals surface area (Å²) in [5.74, 6) is 1.11. The Morgan fingerprint density at radius 3 is 1.13 bits per heavy atom. The van der Waals surface area contributed by atoms with Crippen LogP contribution < -0.4 is 0 Å². The van der Waals surface area contributed by atoms with E-state index in [2.05, 4.69) is 178 Å². The lowest BCUT2D eigenvalue weighted by atomic mass is 9.33. The Morgan fingerprint density at radius 1 is 0.423 bits per heavy atom. The molecule has 0 amide bonds. The zero-order valence-electron chi connectivity index (χ0n) is 95.2. The highest BCUT2D eigenvalue weighted by molar-refractivity contribution is 6.04. The first-order valence-corrected chi connectivity index (χ1v) is 56.5. The largest absolute Gasteiger partial charge is 0.523 e. The maximum absolute atomic E-state index is 14.5. The lowest BCUT2D eigenvalue weighted by Gasteiger charge is -2.73. The SMILES string of the molecule is C.C.CC(=O)OC[C@]12CCC(C)(C)C[C@H]1[C@@]1(O)C(=O)C=C3[C@@]4(C)Cc5cnoc5[C@@H](C)[C@@H]4CC[C@@]3(C)[C@]1(C)CC2.CC(=O)OC[C@]12CCC(C)(C)C[C@H]1[C@@]1(O)[C@H](O)C=C3[C@@]4(C)Cc5cnoc5[C@@H](C)[C@@H]4CC[C@@]3(C)[C@]1(C)CC2.[3H]C.[C-]#[N+]C1=C(O)[C@@H](C)[C@@H]2CC[C@]3(C)C(=CC(=O)[C@]4(O)[C@@H]5CC(C)(C)CC[C@]5(CO)CC[C@@]34C)[C@@]2(C)C1.[C-]#[N+]C1=C[C@]2(C)C3=CC(=O)[C@]4(O)[C@@H]5CC(C)(C)CC[C@]5(CO)CC[C@@]4(C)[C@]3(C)CC[C@H]2[C@H](C)C1=O. The zero-order chi connectivity index (χ0) is 109. The van der Waals surface area contributed by atoms with Crippen molar-refractivity contribution in [2.45, 2.75) is 442 Å². The number of aliphatic hydroxyl groups excluding tert-OH is 4. The summed E-state index contributed by atoms with van der Waals surface area (Å²) in [7, 11) is 1.25. The minimum absolute atomic E-state index is 0. The Balaban J connectivity index is 0.000000141. The summed E-state index contributed by atoms with van der Waals surface area (Å²) < 4.78 is 28.5. The average Bonchev–Trinajstić information content (AvgIpc) is 0.821. The number of ketones is 4. The van der Waals surface area contributed by atoms with E-state index in [1.54, 1.807) is 12.2 Å². The average molecular weight is 2060 g/mol. The molecular weight excluding hydrogens is 1870 g/mol. The van der Waals surface area contributed by atoms with Crippen molar-refractivity contribution in [1.82, 2.24) is 10.3 Å². The molecular formula is C127H188N4O18. The molecule has 2 heterocycles. The predicted molar refractivity (Wildman–Crippen MR) is 576 cm³/mol. The quantitative estimate of drug-likeness (QED) is 0.0756. The minimum Gasteiger partial charge on any atom is -0.523 e. The van der Waals surface area contributed by atoms with Crippen molar-refractivity contribution >= 4 is 35.1 Å². The molecule has 824 valence electrons. The number of aliphatic hydroxyl groups is 8. The second kappa shape index (κ2) is 36.0. The number of esters is 2. The second-order valence-corrected chi connectivity index (χ2v) is 58.8. The van der Waals surface area contributed by atoms with E-state index >= 15 is 0 Å². The van der Waals surface area contributed by atoms with Gasteiger partial charge in [0.1, 0.15) is 40.0 Å². The molecule has 0 spiro atoms. The fraction of sp³-hybridized carbons (Fsp3) is 0.795. The lowest BCUT2D eigenvalue weighted by molar-refractivity contribution is -0.292. The molecule has 8 N–H and O–H groups in total. The van der Waals surface area contributed by atoms with E-state index in [1.807, 2.05) is 38.4 Å². The van der Waals surface area contributed by atoms with Gasteiger partial charge in [0.15, 0.2) is 23.1 Å². The van der Waals surface area contributed by atoms with Crippen molar-refractivity contribution in [2.24, 2.45) is 167 Å². The van der Waals surface area contributed by atoms with Crippen LogP contribution in [0.3, 0.4) is 0 Å². The molecule has 12 saturated carbocycles. The summed E-state index contributed by atoms with van der Waals surface area (Å²) >= 11 is 0. The molecule has 20 aliphatic carbocycles. The lowest BCUT2D eigenvalue weighted by Crippen LogP contribution is -2.75. The van der Waals surface area contributed by atoms with Crippen molar-refractivity contribution in [3.8, 4) is 0 Å². The van der Waals surface area contributed by atoms with Crippen LogP contribution in [0.4, 0.5) is 0 Å². The molecule has 0 bridgehead atoms. The van der Waals surface area contributed by atoms with Crippen molar-refractivity contribution in [2.75, 3.05) is 26.4 Å². The van der Waals surface area contributed by atoms with Crippen molar-refractivity contribution in [3.05, 3.63) is 128 Å². The molecule has 0 unspecified atom stereocenters. The fourth-order valence-electron chi connectivity index (χ4n) is 40.7. The van der Waals surface area contributed by atoms with E-state index in [-0.39, 0.29) is 195 Å². The number of carbonyl (C=O) groups is 6. The van der Waals surface area contributed by atoms with Crippen molar-refractivity contribution in [3.63, 3.8) is 0 Å². The minimum atomic E-state index is -1.55. The molecule has 22 nitrogen and oxygen atoms in total. The molecule has 33 atom stereocenters. The zero-order valence-corrected chi connectivity index (χ0v) is 94.2. The van der Waals surface area contributed by atoms with Crippen LogP contribution in [0.25, 0.3) is 9.69 Å². The molecule has 22 rings (SSSR count). The summed E-state index contributed by atoms with van der Waals surface area (Å²) in [6.07, 6.45) is 38.3. The maximum atomic E-state index is 14.5. The van der Waals surface area contributed by atoms with Gasteiger partial charge in [-0.25, -0.2) is 9.69 Å². The monoisotopic (exact) mass is 2060 g/mol. The summed E-state index contributed by atoms with van der Waals surface area (Å²) in [6.45, 7) is 72.1. The van der Waals surface area contributed by atoms with Crippen molar-refractivity contribution < 1.29 is 89.5 Å². The molecule has 0 aliphatic heterocycles. The number of hydrogen-bond acceptors (Lipinski definition) is 20. The number of hydrogen-bond donors (Lipinski definition) is 8. The summed E-state index contributed by atoms with van der Waals surface area (Å²) in [5, 5.41) is 104. The van der Waals surface area contributed by atoms with Crippen LogP contribution in [0.15, 0.2) is 91.3 Å². The van der Waals surface area contributed by atoms with Gasteiger partial charge in [-0.3, -0.25) is 24.0 Å². The summed E-state index contributed by atoms with van der Waals surface area (Å²) in [6, 6.07) is 0. The van der Waals surface area contributed by atoms with E-state index in [4.69, 9.17) is 33.0 Å². The molecule has 2 aromatic rings. The Morgan fingerprint density at radius 2 is 0.745 bits per heavy atom. The molecule has 20 aliphatic rings. The smallest absolute Gasteiger partial charge is 0.302 e. The number of carbonyl (C=O) groups excluding carboxylic acids is 6. The van der Waals surface area contributed by atoms with E-state index in [1.165, 1.54) is 38.0 Å². The van der Waals surface area contributed by atoms with Gasteiger partial charge in [-0.15, -0.1) is 0 Å². The van der Waals surface area contributed by atoms with Gasteiger partial charge in [-0.2, -0.15) is 0 Å². The number of rotatable bonds is 6. The number of nitrogens with zero attached hydrogens (tertiary/aromatic N) is 4. The fourth-order valence-corrected chi connectivity index (χ4v) is 40.7. The Kier molecular flexibility index (Phi) is 27.3.